The van der Waals surface area contributed by atoms with Crippen LogP contribution < -0.4 is 10.5 Å². The number of aromatic nitrogens is 5. The van der Waals surface area contributed by atoms with E-state index in [1.165, 1.54) is 0 Å². The van der Waals surface area contributed by atoms with Crippen molar-refractivity contribution in [1.82, 2.24) is 24.5 Å². The van der Waals surface area contributed by atoms with E-state index in [0.29, 0.717) is 37.6 Å². The first-order valence-corrected chi connectivity index (χ1v) is 8.39. The zero-order valence-corrected chi connectivity index (χ0v) is 14.4. The largest absolute Gasteiger partial charge is 0.382 e. The molecule has 1 aliphatic heterocycles. The van der Waals surface area contributed by atoms with E-state index in [4.69, 9.17) is 0 Å². The van der Waals surface area contributed by atoms with Gasteiger partial charge in [-0.05, 0) is 33.6 Å². The van der Waals surface area contributed by atoms with E-state index in [9.17, 15) is 9.90 Å². The molecule has 24 heavy (non-hydrogen) atoms. The second-order valence-corrected chi connectivity index (χ2v) is 6.58. The molecule has 1 unspecified atom stereocenters. The van der Waals surface area contributed by atoms with Crippen molar-refractivity contribution in [3.05, 3.63) is 34.6 Å². The highest BCUT2D eigenvalue weighted by molar-refractivity contribution is 5.38. The normalized spacial score (nSPS) is 21.5. The average Bonchev–Trinajstić information content (AvgIpc) is 3.06. The van der Waals surface area contributed by atoms with Crippen molar-refractivity contribution in [3.8, 4) is 0 Å². The summed E-state index contributed by atoms with van der Waals surface area (Å²) in [5, 5.41) is 19.3. The lowest BCUT2D eigenvalue weighted by Crippen LogP contribution is -2.48. The molecule has 0 spiro atoms. The average molecular weight is 332 g/mol. The van der Waals surface area contributed by atoms with Gasteiger partial charge in [-0.1, -0.05) is 5.21 Å². The van der Waals surface area contributed by atoms with E-state index in [-0.39, 0.29) is 11.6 Å². The predicted octanol–water partition coefficient (Wildman–Crippen LogP) is 0.924. The smallest absolute Gasteiger partial charge is 0.293 e. The van der Waals surface area contributed by atoms with Gasteiger partial charge in [-0.2, -0.15) is 0 Å². The summed E-state index contributed by atoms with van der Waals surface area (Å²) in [6, 6.07) is 0.182. The van der Waals surface area contributed by atoms with E-state index >= 15 is 0 Å². The molecule has 1 atom stereocenters. The first kappa shape index (κ1) is 16.6. The molecular weight excluding hydrogens is 308 g/mol. The third-order valence-electron chi connectivity index (χ3n) is 4.52. The molecule has 0 amide bonds. The fraction of sp³-hybridized carbons (Fsp3) is 0.625. The van der Waals surface area contributed by atoms with Crippen LogP contribution in [0.2, 0.25) is 0 Å². The Labute approximate surface area is 140 Å². The van der Waals surface area contributed by atoms with Crippen LogP contribution in [0.25, 0.3) is 0 Å². The van der Waals surface area contributed by atoms with Crippen molar-refractivity contribution in [2.24, 2.45) is 0 Å². The molecular formula is C16H24N6O2. The van der Waals surface area contributed by atoms with E-state index < -0.39 is 5.60 Å². The second-order valence-electron chi connectivity index (χ2n) is 6.58. The van der Waals surface area contributed by atoms with Crippen LogP contribution in [0.4, 0.5) is 5.82 Å². The van der Waals surface area contributed by atoms with Crippen LogP contribution in [0.3, 0.4) is 0 Å². The lowest BCUT2D eigenvalue weighted by atomic mass is 9.90. The quantitative estimate of drug-likeness (QED) is 0.896. The minimum atomic E-state index is -1.12. The Hall–Kier alpha value is -2.22. The Morgan fingerprint density at radius 1 is 1.42 bits per heavy atom. The highest BCUT2D eigenvalue weighted by Gasteiger charge is 2.38. The molecule has 0 aromatic carbocycles. The number of hydrogen-bond acceptors (Lipinski definition) is 6. The van der Waals surface area contributed by atoms with Crippen molar-refractivity contribution in [1.29, 1.82) is 0 Å². The number of aliphatic hydroxyl groups is 1. The molecule has 1 N–H and O–H groups in total. The Morgan fingerprint density at radius 2 is 2.21 bits per heavy atom. The number of β-amino-alcohol motifs (C(OH)–C–C–N with tert-alkyl or cyclic N) is 1. The number of rotatable bonds is 4. The summed E-state index contributed by atoms with van der Waals surface area (Å²) in [7, 11) is 0. The summed E-state index contributed by atoms with van der Waals surface area (Å²) < 4.78 is 3.35. The SMILES string of the molecule is CCn1ccnc(N2CCCC(O)(c3cn(C(C)C)nn3)C2)c1=O. The van der Waals surface area contributed by atoms with Crippen molar-refractivity contribution >= 4 is 5.82 Å². The molecule has 1 fully saturated rings. The highest BCUT2D eigenvalue weighted by Crippen LogP contribution is 2.31. The molecule has 3 heterocycles. The van der Waals surface area contributed by atoms with Gasteiger partial charge in [0.1, 0.15) is 11.3 Å². The molecule has 8 nitrogen and oxygen atoms in total. The Kier molecular flexibility index (Phi) is 4.40. The van der Waals surface area contributed by atoms with Crippen molar-refractivity contribution < 1.29 is 5.11 Å². The summed E-state index contributed by atoms with van der Waals surface area (Å²) in [4.78, 5) is 18.6. The number of anilines is 1. The number of nitrogens with zero attached hydrogens (tertiary/aromatic N) is 6. The summed E-state index contributed by atoms with van der Waals surface area (Å²) in [6.45, 7) is 7.51. The molecule has 1 saturated heterocycles. The van der Waals surface area contributed by atoms with Crippen molar-refractivity contribution in [2.75, 3.05) is 18.0 Å². The van der Waals surface area contributed by atoms with Crippen LogP contribution in [0.15, 0.2) is 23.4 Å². The summed E-state index contributed by atoms with van der Waals surface area (Å²) in [5.74, 6) is 0.383. The van der Waals surface area contributed by atoms with Crippen molar-refractivity contribution in [3.63, 3.8) is 0 Å². The monoisotopic (exact) mass is 332 g/mol. The van der Waals surface area contributed by atoms with Crippen LogP contribution in [-0.2, 0) is 12.1 Å². The minimum Gasteiger partial charge on any atom is -0.382 e. The maximum atomic E-state index is 12.5. The molecule has 0 bridgehead atoms. The molecule has 0 saturated carbocycles. The first-order valence-electron chi connectivity index (χ1n) is 8.39. The van der Waals surface area contributed by atoms with Gasteiger partial charge in [0.2, 0.25) is 0 Å². The number of hydrogen-bond donors (Lipinski definition) is 1. The van der Waals surface area contributed by atoms with Crippen molar-refractivity contribution in [2.45, 2.75) is 51.8 Å². The zero-order chi connectivity index (χ0) is 17.3. The Balaban J connectivity index is 1.90. The van der Waals surface area contributed by atoms with Gasteiger partial charge in [0.25, 0.3) is 5.56 Å². The van der Waals surface area contributed by atoms with E-state index in [1.54, 1.807) is 27.8 Å². The van der Waals surface area contributed by atoms with Gasteiger partial charge in [0.15, 0.2) is 5.82 Å². The molecule has 130 valence electrons. The topological polar surface area (TPSA) is 89.1 Å². The highest BCUT2D eigenvalue weighted by atomic mass is 16.3. The van der Waals surface area contributed by atoms with Crippen LogP contribution in [0.1, 0.15) is 45.3 Å². The molecule has 2 aromatic rings. The first-order chi connectivity index (χ1) is 11.4. The van der Waals surface area contributed by atoms with Gasteiger partial charge >= 0.3 is 0 Å². The standard InChI is InChI=1S/C16H24N6O2/c1-4-20-9-7-17-14(15(20)23)21-8-5-6-16(24,11-21)13-10-22(12(2)3)19-18-13/h7,9-10,12,24H,4-6,8,11H2,1-3H3. The minimum absolute atomic E-state index is 0.130. The van der Waals surface area contributed by atoms with Gasteiger partial charge in [-0.15, -0.1) is 5.10 Å². The van der Waals surface area contributed by atoms with Crippen LogP contribution in [0.5, 0.6) is 0 Å². The van der Waals surface area contributed by atoms with E-state index in [1.807, 2.05) is 25.7 Å². The predicted molar refractivity (Wildman–Crippen MR) is 89.9 cm³/mol. The third kappa shape index (κ3) is 2.93. The van der Waals surface area contributed by atoms with Crippen LogP contribution >= 0.6 is 0 Å². The molecule has 3 rings (SSSR count). The molecule has 0 radical (unpaired) electrons. The van der Waals surface area contributed by atoms with Gasteiger partial charge in [0.05, 0.1) is 12.7 Å². The molecule has 1 aliphatic rings. The van der Waals surface area contributed by atoms with Crippen LogP contribution in [0, 0.1) is 0 Å². The molecule has 2 aromatic heterocycles. The maximum absolute atomic E-state index is 12.5. The summed E-state index contributed by atoms with van der Waals surface area (Å²) >= 11 is 0. The fourth-order valence-electron chi connectivity index (χ4n) is 3.07. The Bertz CT molecular complexity index is 768. The van der Waals surface area contributed by atoms with Gasteiger partial charge in [-0.25, -0.2) is 9.67 Å². The fourth-order valence-corrected chi connectivity index (χ4v) is 3.07. The number of piperidine rings is 1. The van der Waals surface area contributed by atoms with Gasteiger partial charge in [0, 0.05) is 31.5 Å². The zero-order valence-electron chi connectivity index (χ0n) is 14.4. The number of aryl methyl sites for hydroxylation is 1. The summed E-state index contributed by atoms with van der Waals surface area (Å²) in [5.41, 5.74) is -0.699. The Morgan fingerprint density at radius 3 is 2.88 bits per heavy atom. The third-order valence-corrected chi connectivity index (χ3v) is 4.52. The van der Waals surface area contributed by atoms with Gasteiger partial charge < -0.3 is 14.6 Å². The summed E-state index contributed by atoms with van der Waals surface area (Å²) in [6.07, 6.45) is 6.44. The molecule has 8 heteroatoms. The molecule has 0 aliphatic carbocycles. The van der Waals surface area contributed by atoms with Gasteiger partial charge in [-0.3, -0.25) is 4.79 Å². The van der Waals surface area contributed by atoms with Crippen LogP contribution in [-0.4, -0.2) is 42.7 Å². The second kappa shape index (κ2) is 6.35. The maximum Gasteiger partial charge on any atom is 0.293 e. The lowest BCUT2D eigenvalue weighted by Gasteiger charge is -2.38. The van der Waals surface area contributed by atoms with E-state index in [2.05, 4.69) is 15.3 Å². The van der Waals surface area contributed by atoms with E-state index in [0.717, 1.165) is 6.42 Å². The lowest BCUT2D eigenvalue weighted by molar-refractivity contribution is 0.0173.